The molecule has 1 saturated heterocycles. The van der Waals surface area contributed by atoms with Gasteiger partial charge in [0.25, 0.3) is 5.91 Å². The van der Waals surface area contributed by atoms with Crippen molar-refractivity contribution in [2.75, 3.05) is 59.2 Å². The van der Waals surface area contributed by atoms with Crippen LogP contribution in [0.4, 0.5) is 26.3 Å². The van der Waals surface area contributed by atoms with E-state index in [9.17, 15) is 45.5 Å². The van der Waals surface area contributed by atoms with Gasteiger partial charge in [0.2, 0.25) is 11.7 Å². The van der Waals surface area contributed by atoms with Crippen LogP contribution in [0.2, 0.25) is 0 Å². The van der Waals surface area contributed by atoms with E-state index < -0.39 is 77.1 Å². The molecule has 4 rings (SSSR count). The summed E-state index contributed by atoms with van der Waals surface area (Å²) in [4.78, 5) is 52.3. The van der Waals surface area contributed by atoms with E-state index >= 15 is 0 Å². The number of ether oxygens (including phenoxy) is 2. The van der Waals surface area contributed by atoms with Crippen LogP contribution in [0.1, 0.15) is 34.0 Å². The normalized spacial score (nSPS) is 16.6. The second-order valence-electron chi connectivity index (χ2n) is 11.6. The van der Waals surface area contributed by atoms with E-state index in [0.717, 1.165) is 17.7 Å². The van der Waals surface area contributed by atoms with Gasteiger partial charge in [-0.1, -0.05) is 0 Å². The Morgan fingerprint density at radius 2 is 1.56 bits per heavy atom. The van der Waals surface area contributed by atoms with Crippen molar-refractivity contribution in [2.24, 2.45) is 5.73 Å². The van der Waals surface area contributed by atoms with Crippen molar-refractivity contribution >= 4 is 23.8 Å². The zero-order chi connectivity index (χ0) is 38.7. The Morgan fingerprint density at radius 1 is 0.942 bits per heavy atom. The van der Waals surface area contributed by atoms with Crippen molar-refractivity contribution in [3.8, 4) is 0 Å². The topological polar surface area (TPSA) is 230 Å². The summed E-state index contributed by atoms with van der Waals surface area (Å²) in [5, 5.41) is 35.0. The number of carboxylic acids is 2. The van der Waals surface area contributed by atoms with Crippen molar-refractivity contribution in [2.45, 2.75) is 50.4 Å². The molecule has 22 heteroatoms. The van der Waals surface area contributed by atoms with Crippen molar-refractivity contribution < 1.29 is 75.4 Å². The van der Waals surface area contributed by atoms with Crippen LogP contribution in [0.15, 0.2) is 12.1 Å². The number of fused-ring (bicyclic) bond motifs is 1. The molecule has 0 spiro atoms. The second kappa shape index (κ2) is 18.9. The SMILES string of the molecule is N[C@@H](CC(=O)N1CCn2c(C(F)(F)F)nc(C(=O)NCCOCCN3CCOCC3)c2C1)Cc1cc(F)c(F)cc1F.O=C(O)[C@H](O)[C@@H](O)C(=O)O. The van der Waals surface area contributed by atoms with Gasteiger partial charge >= 0.3 is 18.1 Å². The molecule has 16 nitrogen and oxygen atoms in total. The number of nitrogens with one attached hydrogen (secondary N) is 1. The van der Waals surface area contributed by atoms with Gasteiger partial charge in [0, 0.05) is 57.8 Å². The molecule has 2 aromatic rings. The highest BCUT2D eigenvalue weighted by Gasteiger charge is 2.41. The van der Waals surface area contributed by atoms with Crippen LogP contribution in [0.5, 0.6) is 0 Å². The molecule has 2 aliphatic rings. The van der Waals surface area contributed by atoms with Crippen LogP contribution in [0, 0.1) is 17.5 Å². The molecule has 1 fully saturated rings. The summed E-state index contributed by atoms with van der Waals surface area (Å²) < 4.78 is 93.4. The smallest absolute Gasteiger partial charge is 0.449 e. The predicted octanol–water partition coefficient (Wildman–Crippen LogP) is -0.422. The maximum Gasteiger partial charge on any atom is 0.449 e. The molecule has 290 valence electrons. The van der Waals surface area contributed by atoms with E-state index in [1.165, 1.54) is 4.90 Å². The number of nitrogens with two attached hydrogens (primary N) is 1. The van der Waals surface area contributed by atoms with E-state index in [2.05, 4.69) is 15.2 Å². The first-order valence-electron chi connectivity index (χ1n) is 15.7. The van der Waals surface area contributed by atoms with Gasteiger partial charge in [-0.25, -0.2) is 27.7 Å². The number of benzene rings is 1. The summed E-state index contributed by atoms with van der Waals surface area (Å²) in [6, 6.07) is 0.0566. The van der Waals surface area contributed by atoms with Gasteiger partial charge in [-0.3, -0.25) is 14.5 Å². The van der Waals surface area contributed by atoms with Crippen LogP contribution >= 0.6 is 0 Å². The molecule has 3 heterocycles. The summed E-state index contributed by atoms with van der Waals surface area (Å²) >= 11 is 0. The highest BCUT2D eigenvalue weighted by Crippen LogP contribution is 2.32. The van der Waals surface area contributed by atoms with Gasteiger partial charge in [-0.2, -0.15) is 13.2 Å². The number of carbonyl (C=O) groups excluding carboxylic acids is 2. The summed E-state index contributed by atoms with van der Waals surface area (Å²) in [6.07, 6.45) is -9.99. The number of carboxylic acid groups (broad SMARTS) is 2. The molecule has 1 aromatic heterocycles. The Kier molecular flexibility index (Phi) is 15.3. The van der Waals surface area contributed by atoms with Crippen LogP contribution < -0.4 is 11.1 Å². The fraction of sp³-hybridized carbons (Fsp3) is 0.567. The summed E-state index contributed by atoms with van der Waals surface area (Å²) in [5.74, 6) is -9.83. The highest BCUT2D eigenvalue weighted by molar-refractivity contribution is 5.93. The Balaban J connectivity index is 0.000000636. The predicted molar refractivity (Wildman–Crippen MR) is 163 cm³/mol. The number of morpholine rings is 1. The second-order valence-corrected chi connectivity index (χ2v) is 11.6. The number of halogens is 6. The van der Waals surface area contributed by atoms with E-state index in [0.29, 0.717) is 38.5 Å². The number of imidazole rings is 1. The maximum absolute atomic E-state index is 14.0. The highest BCUT2D eigenvalue weighted by atomic mass is 19.4. The average molecular weight is 757 g/mol. The molecular formula is C30H38F6N6O10. The molecule has 0 radical (unpaired) electrons. The standard InChI is InChI=1S/C26H32F6N6O4.C4H6O6/c27-18-14-20(29)19(28)12-16(18)11-17(33)13-22(39)37-2-3-38-21(15-37)23(35-25(38)26(30,31)32)24(40)34-1-7-41-8-4-36-5-9-42-10-6-36;5-1(3(7)8)2(6)4(9)10/h12,14,17H,1-11,13,15,33H2,(H,34,40);1-2,5-6H,(H,7,8)(H,9,10)/t17-;1-,2-/m11/s1. The first-order chi connectivity index (χ1) is 24.4. The minimum Gasteiger partial charge on any atom is -0.479 e. The monoisotopic (exact) mass is 756 g/mol. The molecule has 7 N–H and O–H groups in total. The first kappa shape index (κ1) is 42.1. The van der Waals surface area contributed by atoms with Crippen LogP contribution in [-0.2, 0) is 49.5 Å². The van der Waals surface area contributed by atoms with Crippen molar-refractivity contribution in [1.29, 1.82) is 0 Å². The zero-order valence-corrected chi connectivity index (χ0v) is 27.5. The maximum atomic E-state index is 14.0. The van der Waals surface area contributed by atoms with Gasteiger partial charge in [0.1, 0.15) is 5.82 Å². The summed E-state index contributed by atoms with van der Waals surface area (Å²) in [6.45, 7) is 3.44. The lowest BCUT2D eigenvalue weighted by molar-refractivity contribution is -0.165. The number of aliphatic hydroxyl groups is 2. The molecule has 0 bridgehead atoms. The minimum atomic E-state index is -4.83. The number of aromatic nitrogens is 2. The number of hydrogen-bond donors (Lipinski definition) is 6. The van der Waals surface area contributed by atoms with Crippen LogP contribution in [0.3, 0.4) is 0 Å². The molecule has 0 aliphatic carbocycles. The van der Waals surface area contributed by atoms with Crippen molar-refractivity contribution in [1.82, 2.24) is 24.7 Å². The van der Waals surface area contributed by atoms with Gasteiger partial charge in [0.15, 0.2) is 29.5 Å². The van der Waals surface area contributed by atoms with Crippen molar-refractivity contribution in [3.63, 3.8) is 0 Å². The molecule has 0 saturated carbocycles. The average Bonchev–Trinajstić information content (AvgIpc) is 3.48. The number of aliphatic hydroxyl groups excluding tert-OH is 2. The Hall–Kier alpha value is -4.35. The summed E-state index contributed by atoms with van der Waals surface area (Å²) in [7, 11) is 0. The first-order valence-corrected chi connectivity index (χ1v) is 15.7. The lowest BCUT2D eigenvalue weighted by atomic mass is 10.0. The lowest BCUT2D eigenvalue weighted by Crippen LogP contribution is -2.42. The van der Waals surface area contributed by atoms with Gasteiger partial charge in [-0.15, -0.1) is 0 Å². The third-order valence-electron chi connectivity index (χ3n) is 7.83. The van der Waals surface area contributed by atoms with Gasteiger partial charge in [-0.05, 0) is 18.1 Å². The van der Waals surface area contributed by atoms with E-state index in [1.54, 1.807) is 0 Å². The third kappa shape index (κ3) is 11.8. The fourth-order valence-corrected chi connectivity index (χ4v) is 5.12. The molecule has 2 amide bonds. The number of carbonyl (C=O) groups is 4. The van der Waals surface area contributed by atoms with E-state index in [-0.39, 0.29) is 56.9 Å². The molecule has 52 heavy (non-hydrogen) atoms. The Labute approximate surface area is 291 Å². The quantitative estimate of drug-likeness (QED) is 0.0819. The van der Waals surface area contributed by atoms with E-state index in [1.807, 2.05) is 0 Å². The molecule has 0 unspecified atom stereocenters. The van der Waals surface area contributed by atoms with Gasteiger partial charge in [0.05, 0.1) is 38.7 Å². The Bertz CT molecular complexity index is 1550. The molecular weight excluding hydrogens is 718 g/mol. The van der Waals surface area contributed by atoms with Gasteiger partial charge < -0.3 is 50.4 Å². The van der Waals surface area contributed by atoms with E-state index in [4.69, 9.17) is 35.6 Å². The summed E-state index contributed by atoms with van der Waals surface area (Å²) in [5.41, 5.74) is 5.19. The number of hydrogen-bond acceptors (Lipinski definition) is 11. The number of nitrogens with zero attached hydrogens (tertiary/aromatic N) is 4. The lowest BCUT2D eigenvalue weighted by Gasteiger charge is -2.30. The van der Waals surface area contributed by atoms with Crippen molar-refractivity contribution in [3.05, 3.63) is 52.4 Å². The molecule has 3 atom stereocenters. The molecule has 1 aromatic carbocycles. The van der Waals surface area contributed by atoms with Crippen LogP contribution in [0.25, 0.3) is 0 Å². The number of alkyl halides is 3. The Morgan fingerprint density at radius 3 is 2.15 bits per heavy atom. The number of aliphatic carboxylic acids is 2. The minimum absolute atomic E-state index is 0.0354. The zero-order valence-electron chi connectivity index (χ0n) is 27.5. The number of amides is 2. The third-order valence-corrected chi connectivity index (χ3v) is 7.83. The van der Waals surface area contributed by atoms with Crippen LogP contribution in [-0.4, -0.2) is 141 Å². The fourth-order valence-electron chi connectivity index (χ4n) is 5.12. The largest absolute Gasteiger partial charge is 0.479 e. The number of rotatable bonds is 14. The molecule has 2 aliphatic heterocycles.